The second-order valence-corrected chi connectivity index (χ2v) is 7.35. The summed E-state index contributed by atoms with van der Waals surface area (Å²) in [6.07, 6.45) is 2.93. The normalized spacial score (nSPS) is 18.0. The Morgan fingerprint density at radius 2 is 1.81 bits per heavy atom. The predicted molar refractivity (Wildman–Crippen MR) is 101 cm³/mol. The maximum atomic E-state index is 13.6. The topological polar surface area (TPSA) is 47.3 Å². The lowest BCUT2D eigenvalue weighted by atomic mass is 9.95. The number of nitriles is 1. The summed E-state index contributed by atoms with van der Waals surface area (Å²) < 4.78 is 13.6. The number of benzene rings is 2. The molecule has 1 saturated heterocycles. The summed E-state index contributed by atoms with van der Waals surface area (Å²) in [6, 6.07) is 14.8. The highest BCUT2D eigenvalue weighted by Gasteiger charge is 2.29. The van der Waals surface area contributed by atoms with E-state index >= 15 is 0 Å². The van der Waals surface area contributed by atoms with Crippen LogP contribution in [0.5, 0.6) is 0 Å². The summed E-state index contributed by atoms with van der Waals surface area (Å²) in [4.78, 5) is 17.0. The average molecular weight is 363 g/mol. The fourth-order valence-corrected chi connectivity index (χ4v) is 4.22. The van der Waals surface area contributed by atoms with E-state index in [2.05, 4.69) is 29.2 Å². The minimum absolute atomic E-state index is 0.181. The number of amides is 1. The van der Waals surface area contributed by atoms with Crippen LogP contribution < -0.4 is 0 Å². The van der Waals surface area contributed by atoms with Gasteiger partial charge in [-0.3, -0.25) is 9.69 Å². The van der Waals surface area contributed by atoms with Crippen molar-refractivity contribution in [1.82, 2.24) is 9.80 Å². The molecule has 2 aliphatic rings. The number of piperidine rings is 1. The summed E-state index contributed by atoms with van der Waals surface area (Å²) in [6.45, 7) is 3.37. The van der Waals surface area contributed by atoms with Crippen LogP contribution in [0.15, 0.2) is 42.5 Å². The SMILES string of the molecule is N#Cc1cc(F)cc(C(=O)N2CCC(N3CCc4ccccc4C3)CC2)c1. The van der Waals surface area contributed by atoms with E-state index in [1.807, 2.05) is 6.07 Å². The van der Waals surface area contributed by atoms with Crippen molar-refractivity contribution in [1.29, 1.82) is 5.26 Å². The highest BCUT2D eigenvalue weighted by atomic mass is 19.1. The Kier molecular flexibility index (Phi) is 4.91. The molecular weight excluding hydrogens is 341 g/mol. The Labute approximate surface area is 158 Å². The van der Waals surface area contributed by atoms with E-state index in [-0.39, 0.29) is 17.0 Å². The number of likely N-dealkylation sites (tertiary alicyclic amines) is 1. The van der Waals surface area contributed by atoms with Crippen LogP contribution in [-0.2, 0) is 13.0 Å². The molecule has 2 aromatic rings. The fourth-order valence-electron chi connectivity index (χ4n) is 4.22. The van der Waals surface area contributed by atoms with Crippen LogP contribution >= 0.6 is 0 Å². The van der Waals surface area contributed by atoms with Gasteiger partial charge in [-0.05, 0) is 48.6 Å². The molecule has 0 radical (unpaired) electrons. The van der Waals surface area contributed by atoms with Crippen molar-refractivity contribution in [2.45, 2.75) is 31.8 Å². The number of rotatable bonds is 2. The van der Waals surface area contributed by atoms with Crippen molar-refractivity contribution in [3.8, 4) is 6.07 Å². The van der Waals surface area contributed by atoms with Gasteiger partial charge in [-0.1, -0.05) is 24.3 Å². The molecule has 0 bridgehead atoms. The number of fused-ring (bicyclic) bond motifs is 1. The van der Waals surface area contributed by atoms with Gasteiger partial charge in [0.25, 0.3) is 5.91 Å². The largest absolute Gasteiger partial charge is 0.339 e. The first-order chi connectivity index (χ1) is 13.1. The van der Waals surface area contributed by atoms with E-state index in [0.717, 1.165) is 38.4 Å². The van der Waals surface area contributed by atoms with Crippen LogP contribution in [0.25, 0.3) is 0 Å². The Bertz CT molecular complexity index is 897. The molecule has 1 fully saturated rings. The highest BCUT2D eigenvalue weighted by molar-refractivity contribution is 5.94. The predicted octanol–water partition coefficient (Wildman–Crippen LogP) is 3.36. The molecule has 4 nitrogen and oxygen atoms in total. The third-order valence-corrected chi connectivity index (χ3v) is 5.70. The molecule has 5 heteroatoms. The highest BCUT2D eigenvalue weighted by Crippen LogP contribution is 2.25. The van der Waals surface area contributed by atoms with Crippen molar-refractivity contribution < 1.29 is 9.18 Å². The fraction of sp³-hybridized carbons (Fsp3) is 0.364. The molecular formula is C22H22FN3O. The van der Waals surface area contributed by atoms with Gasteiger partial charge in [0, 0.05) is 37.8 Å². The summed E-state index contributed by atoms with van der Waals surface area (Å²) in [5, 5.41) is 8.98. The molecule has 2 aromatic carbocycles. The van der Waals surface area contributed by atoms with Gasteiger partial charge in [-0.2, -0.15) is 5.26 Å². The van der Waals surface area contributed by atoms with Crippen LogP contribution in [0, 0.1) is 17.1 Å². The molecule has 0 unspecified atom stereocenters. The van der Waals surface area contributed by atoms with Crippen LogP contribution in [0.3, 0.4) is 0 Å². The first-order valence-electron chi connectivity index (χ1n) is 9.45. The second kappa shape index (κ2) is 7.50. The molecule has 2 heterocycles. The van der Waals surface area contributed by atoms with E-state index in [1.54, 1.807) is 4.90 Å². The average Bonchev–Trinajstić information content (AvgIpc) is 2.72. The van der Waals surface area contributed by atoms with E-state index in [0.29, 0.717) is 19.1 Å². The van der Waals surface area contributed by atoms with E-state index < -0.39 is 5.82 Å². The van der Waals surface area contributed by atoms with Gasteiger partial charge in [0.1, 0.15) is 5.82 Å². The third kappa shape index (κ3) is 3.72. The maximum absolute atomic E-state index is 13.6. The lowest BCUT2D eigenvalue weighted by Crippen LogP contribution is -2.48. The van der Waals surface area contributed by atoms with E-state index in [4.69, 9.17) is 5.26 Å². The number of halogens is 1. The minimum atomic E-state index is -0.542. The minimum Gasteiger partial charge on any atom is -0.339 e. The van der Waals surface area contributed by atoms with Gasteiger partial charge >= 0.3 is 0 Å². The molecule has 2 aliphatic heterocycles. The Morgan fingerprint density at radius 3 is 2.56 bits per heavy atom. The number of carbonyl (C=O) groups excluding carboxylic acids is 1. The van der Waals surface area contributed by atoms with Crippen molar-refractivity contribution >= 4 is 5.91 Å². The summed E-state index contributed by atoms with van der Waals surface area (Å²) in [5.41, 5.74) is 3.30. The summed E-state index contributed by atoms with van der Waals surface area (Å²) in [7, 11) is 0. The molecule has 138 valence electrons. The number of nitrogens with zero attached hydrogens (tertiary/aromatic N) is 3. The number of hydrogen-bond acceptors (Lipinski definition) is 3. The van der Waals surface area contributed by atoms with Gasteiger partial charge in [-0.15, -0.1) is 0 Å². The van der Waals surface area contributed by atoms with Gasteiger partial charge in [-0.25, -0.2) is 4.39 Å². The lowest BCUT2D eigenvalue weighted by molar-refractivity contribution is 0.0599. The van der Waals surface area contributed by atoms with Crippen LogP contribution in [0.1, 0.15) is 39.9 Å². The number of hydrogen-bond donors (Lipinski definition) is 0. The van der Waals surface area contributed by atoms with Crippen LogP contribution in [0.4, 0.5) is 4.39 Å². The quantitative estimate of drug-likeness (QED) is 0.822. The van der Waals surface area contributed by atoms with E-state index in [9.17, 15) is 9.18 Å². The molecule has 4 rings (SSSR count). The molecule has 27 heavy (non-hydrogen) atoms. The van der Waals surface area contributed by atoms with Gasteiger partial charge in [0.05, 0.1) is 11.6 Å². The Morgan fingerprint density at radius 1 is 1.07 bits per heavy atom. The monoisotopic (exact) mass is 363 g/mol. The molecule has 0 atom stereocenters. The van der Waals surface area contributed by atoms with Crippen LogP contribution in [-0.4, -0.2) is 41.4 Å². The zero-order valence-corrected chi connectivity index (χ0v) is 15.2. The van der Waals surface area contributed by atoms with Crippen molar-refractivity contribution in [2.24, 2.45) is 0 Å². The molecule has 0 N–H and O–H groups in total. The molecule has 0 spiro atoms. The molecule has 0 aliphatic carbocycles. The van der Waals surface area contributed by atoms with Crippen LogP contribution in [0.2, 0.25) is 0 Å². The Hall–Kier alpha value is -2.71. The van der Waals surface area contributed by atoms with Gasteiger partial charge in [0.15, 0.2) is 0 Å². The van der Waals surface area contributed by atoms with Gasteiger partial charge < -0.3 is 4.90 Å². The van der Waals surface area contributed by atoms with Crippen molar-refractivity contribution in [3.05, 3.63) is 70.5 Å². The first-order valence-corrected chi connectivity index (χ1v) is 9.45. The van der Waals surface area contributed by atoms with E-state index in [1.165, 1.54) is 23.3 Å². The number of carbonyl (C=O) groups is 1. The lowest BCUT2D eigenvalue weighted by Gasteiger charge is -2.40. The van der Waals surface area contributed by atoms with Gasteiger partial charge in [0.2, 0.25) is 0 Å². The van der Waals surface area contributed by atoms with Crippen molar-refractivity contribution in [2.75, 3.05) is 19.6 Å². The third-order valence-electron chi connectivity index (χ3n) is 5.70. The standard InChI is InChI=1S/C22H22FN3O/c23-20-12-16(14-24)11-19(13-20)22(27)25-9-6-21(7-10-25)26-8-5-17-3-1-2-4-18(17)15-26/h1-4,11-13,21H,5-10,15H2. The maximum Gasteiger partial charge on any atom is 0.254 e. The molecule has 0 saturated carbocycles. The summed E-state index contributed by atoms with van der Waals surface area (Å²) >= 11 is 0. The smallest absolute Gasteiger partial charge is 0.254 e. The first kappa shape index (κ1) is 17.7. The Balaban J connectivity index is 1.39. The second-order valence-electron chi connectivity index (χ2n) is 7.35. The van der Waals surface area contributed by atoms with Crippen molar-refractivity contribution in [3.63, 3.8) is 0 Å². The zero-order chi connectivity index (χ0) is 18.8. The zero-order valence-electron chi connectivity index (χ0n) is 15.2. The molecule has 1 amide bonds. The summed E-state index contributed by atoms with van der Waals surface area (Å²) in [5.74, 6) is -0.729. The molecule has 0 aromatic heterocycles.